The minimum atomic E-state index is -0.393. The summed E-state index contributed by atoms with van der Waals surface area (Å²) in [5.74, 6) is -0.540. The summed E-state index contributed by atoms with van der Waals surface area (Å²) in [6.07, 6.45) is 1.30. The Morgan fingerprint density at radius 3 is 2.65 bits per heavy atom. The van der Waals surface area contributed by atoms with E-state index in [1.807, 2.05) is 37.3 Å². The molecule has 3 rings (SSSR count). The number of imidazole rings is 1. The van der Waals surface area contributed by atoms with Gasteiger partial charge in [0.15, 0.2) is 0 Å². The highest BCUT2D eigenvalue weighted by molar-refractivity contribution is 5.94. The van der Waals surface area contributed by atoms with Crippen molar-refractivity contribution >= 4 is 11.6 Å². The van der Waals surface area contributed by atoms with Crippen LogP contribution >= 0.6 is 0 Å². The minimum absolute atomic E-state index is 0.146. The first-order valence-corrected chi connectivity index (χ1v) is 7.57. The zero-order valence-electron chi connectivity index (χ0n) is 13.2. The number of aryl methyl sites for hydroxylation is 1. The first kappa shape index (κ1) is 15.2. The molecule has 5 heteroatoms. The molecule has 0 aliphatic heterocycles. The molecule has 2 aromatic heterocycles. The van der Waals surface area contributed by atoms with Crippen LogP contribution in [0.15, 0.2) is 48.7 Å². The molecule has 0 saturated carbocycles. The van der Waals surface area contributed by atoms with Gasteiger partial charge in [-0.25, -0.2) is 9.37 Å². The third-order valence-electron chi connectivity index (χ3n) is 3.84. The maximum atomic E-state index is 13.5. The molecular weight excluding hydrogens is 293 g/mol. The number of amides is 1. The summed E-state index contributed by atoms with van der Waals surface area (Å²) in [6, 6.07) is 12.7. The van der Waals surface area contributed by atoms with Crippen LogP contribution in [0.5, 0.6) is 0 Å². The lowest BCUT2D eigenvalue weighted by molar-refractivity contribution is 0.0744. The highest BCUT2D eigenvalue weighted by atomic mass is 19.1. The number of pyridine rings is 1. The second kappa shape index (κ2) is 6.20. The van der Waals surface area contributed by atoms with Crippen molar-refractivity contribution in [2.45, 2.75) is 20.4 Å². The molecule has 1 aromatic carbocycles. The van der Waals surface area contributed by atoms with E-state index in [1.54, 1.807) is 17.9 Å². The van der Waals surface area contributed by atoms with Gasteiger partial charge in [0.25, 0.3) is 5.91 Å². The number of rotatable bonds is 4. The van der Waals surface area contributed by atoms with Crippen LogP contribution in [0, 0.1) is 12.7 Å². The Morgan fingerprint density at radius 2 is 1.96 bits per heavy atom. The second-order valence-electron chi connectivity index (χ2n) is 5.43. The molecule has 0 atom stereocenters. The predicted octanol–water partition coefficient (Wildman–Crippen LogP) is 3.44. The third-order valence-corrected chi connectivity index (χ3v) is 3.84. The van der Waals surface area contributed by atoms with Gasteiger partial charge in [-0.15, -0.1) is 0 Å². The van der Waals surface area contributed by atoms with E-state index < -0.39 is 5.82 Å². The first-order valence-electron chi connectivity index (χ1n) is 7.57. The van der Waals surface area contributed by atoms with Gasteiger partial charge >= 0.3 is 0 Å². The normalized spacial score (nSPS) is 10.9. The van der Waals surface area contributed by atoms with Crippen LogP contribution in [0.3, 0.4) is 0 Å². The largest absolute Gasteiger partial charge is 0.333 e. The van der Waals surface area contributed by atoms with Gasteiger partial charge in [-0.05, 0) is 31.5 Å². The van der Waals surface area contributed by atoms with Gasteiger partial charge in [0, 0.05) is 19.3 Å². The van der Waals surface area contributed by atoms with Crippen molar-refractivity contribution in [3.8, 4) is 0 Å². The van der Waals surface area contributed by atoms with Crippen molar-refractivity contribution in [3.63, 3.8) is 0 Å². The average Bonchev–Trinajstić information content (AvgIpc) is 2.88. The van der Waals surface area contributed by atoms with Crippen molar-refractivity contribution < 1.29 is 9.18 Å². The molecule has 0 spiro atoms. The van der Waals surface area contributed by atoms with Crippen molar-refractivity contribution in [2.75, 3.05) is 6.54 Å². The van der Waals surface area contributed by atoms with Gasteiger partial charge in [0.1, 0.15) is 17.2 Å². The Kier molecular flexibility index (Phi) is 4.10. The number of aromatic nitrogens is 2. The van der Waals surface area contributed by atoms with Gasteiger partial charge in [-0.3, -0.25) is 9.20 Å². The van der Waals surface area contributed by atoms with Gasteiger partial charge in [0.05, 0.1) is 5.69 Å². The van der Waals surface area contributed by atoms with Crippen molar-refractivity contribution in [3.05, 3.63) is 71.4 Å². The summed E-state index contributed by atoms with van der Waals surface area (Å²) in [4.78, 5) is 19.0. The highest BCUT2D eigenvalue weighted by Gasteiger charge is 2.22. The molecule has 0 radical (unpaired) electrons. The lowest BCUT2D eigenvalue weighted by Crippen LogP contribution is -2.31. The smallest absolute Gasteiger partial charge is 0.273 e. The monoisotopic (exact) mass is 311 g/mol. The van der Waals surface area contributed by atoms with E-state index in [9.17, 15) is 9.18 Å². The predicted molar refractivity (Wildman–Crippen MR) is 86.7 cm³/mol. The molecule has 0 fully saturated rings. The van der Waals surface area contributed by atoms with Crippen LogP contribution < -0.4 is 0 Å². The molecule has 2 heterocycles. The van der Waals surface area contributed by atoms with E-state index in [-0.39, 0.29) is 5.91 Å². The quantitative estimate of drug-likeness (QED) is 0.740. The van der Waals surface area contributed by atoms with E-state index >= 15 is 0 Å². The second-order valence-corrected chi connectivity index (χ2v) is 5.43. The minimum Gasteiger partial charge on any atom is -0.333 e. The van der Waals surface area contributed by atoms with Crippen LogP contribution in [-0.2, 0) is 6.54 Å². The third kappa shape index (κ3) is 2.95. The van der Waals surface area contributed by atoms with E-state index in [0.29, 0.717) is 30.1 Å². The summed E-state index contributed by atoms with van der Waals surface area (Å²) in [7, 11) is 0. The van der Waals surface area contributed by atoms with Crippen molar-refractivity contribution in [1.82, 2.24) is 14.3 Å². The van der Waals surface area contributed by atoms with Crippen LogP contribution in [0.2, 0.25) is 0 Å². The number of carbonyl (C=O) groups is 1. The SMILES string of the molecule is CCN(Cc1ccccc1)C(=O)c1c(C)nc2ccc(F)cn12. The standard InChI is InChI=1S/C18H18FN3O/c1-3-21(11-14-7-5-4-6-8-14)18(23)17-13(2)20-16-10-9-15(19)12-22(16)17/h4-10,12H,3,11H2,1-2H3. The molecule has 0 unspecified atom stereocenters. The van der Waals surface area contributed by atoms with Crippen LogP contribution in [0.1, 0.15) is 28.7 Å². The van der Waals surface area contributed by atoms with Crippen LogP contribution in [0.25, 0.3) is 5.65 Å². The fraction of sp³-hybridized carbons (Fsp3) is 0.222. The number of hydrogen-bond acceptors (Lipinski definition) is 2. The Bertz CT molecular complexity index is 842. The average molecular weight is 311 g/mol. The van der Waals surface area contributed by atoms with Crippen molar-refractivity contribution in [1.29, 1.82) is 0 Å². The summed E-state index contributed by atoms with van der Waals surface area (Å²) < 4.78 is 15.1. The van der Waals surface area contributed by atoms with Crippen LogP contribution in [-0.4, -0.2) is 26.7 Å². The lowest BCUT2D eigenvalue weighted by Gasteiger charge is -2.21. The summed E-state index contributed by atoms with van der Waals surface area (Å²) in [6.45, 7) is 4.78. The van der Waals surface area contributed by atoms with Crippen LogP contribution in [0.4, 0.5) is 4.39 Å². The van der Waals surface area contributed by atoms with E-state index in [1.165, 1.54) is 16.7 Å². The number of benzene rings is 1. The number of halogens is 1. The van der Waals surface area contributed by atoms with E-state index in [4.69, 9.17) is 0 Å². The molecule has 0 aliphatic rings. The van der Waals surface area contributed by atoms with E-state index in [2.05, 4.69) is 4.98 Å². The molecule has 118 valence electrons. The molecule has 1 amide bonds. The summed E-state index contributed by atoms with van der Waals surface area (Å²) >= 11 is 0. The fourth-order valence-corrected chi connectivity index (χ4v) is 2.67. The first-order chi connectivity index (χ1) is 11.1. The molecule has 0 N–H and O–H groups in total. The maximum absolute atomic E-state index is 13.5. The summed E-state index contributed by atoms with van der Waals surface area (Å²) in [5, 5.41) is 0. The van der Waals surface area contributed by atoms with Gasteiger partial charge in [0.2, 0.25) is 0 Å². The molecular formula is C18H18FN3O. The number of fused-ring (bicyclic) bond motifs is 1. The number of nitrogens with zero attached hydrogens (tertiary/aromatic N) is 3. The molecule has 0 aliphatic carbocycles. The Morgan fingerprint density at radius 1 is 1.22 bits per heavy atom. The van der Waals surface area contributed by atoms with E-state index in [0.717, 1.165) is 5.56 Å². The molecule has 3 aromatic rings. The Labute approximate surface area is 134 Å². The molecule has 23 heavy (non-hydrogen) atoms. The van der Waals surface area contributed by atoms with Gasteiger partial charge in [-0.2, -0.15) is 0 Å². The molecule has 4 nitrogen and oxygen atoms in total. The summed E-state index contributed by atoms with van der Waals surface area (Å²) in [5.41, 5.74) is 2.65. The van der Waals surface area contributed by atoms with Crippen molar-refractivity contribution in [2.24, 2.45) is 0 Å². The maximum Gasteiger partial charge on any atom is 0.273 e. The molecule has 0 saturated heterocycles. The zero-order valence-corrected chi connectivity index (χ0v) is 13.2. The number of hydrogen-bond donors (Lipinski definition) is 0. The topological polar surface area (TPSA) is 37.6 Å². The molecule has 0 bridgehead atoms. The van der Waals surface area contributed by atoms with Gasteiger partial charge in [-0.1, -0.05) is 30.3 Å². The van der Waals surface area contributed by atoms with Gasteiger partial charge < -0.3 is 4.90 Å². The lowest BCUT2D eigenvalue weighted by atomic mass is 10.2. The fourth-order valence-electron chi connectivity index (χ4n) is 2.67. The highest BCUT2D eigenvalue weighted by Crippen LogP contribution is 2.17. The zero-order chi connectivity index (χ0) is 16.4. The number of carbonyl (C=O) groups excluding carboxylic acids is 1. The Balaban J connectivity index is 1.98. The Hall–Kier alpha value is -2.69.